The highest BCUT2D eigenvalue weighted by atomic mass is 79.9. The van der Waals surface area contributed by atoms with Gasteiger partial charge in [-0.25, -0.2) is 5.01 Å². The van der Waals surface area contributed by atoms with Crippen LogP contribution in [0.3, 0.4) is 0 Å². The molecule has 1 saturated carbocycles. The zero-order chi connectivity index (χ0) is 22.9. The normalized spacial score (nSPS) is 29.8. The van der Waals surface area contributed by atoms with Crippen molar-refractivity contribution in [2.45, 2.75) is 25.8 Å². The highest BCUT2D eigenvalue weighted by Gasteiger charge is 2.59. The molecule has 0 radical (unpaired) electrons. The molecule has 2 fully saturated rings. The van der Waals surface area contributed by atoms with Gasteiger partial charge in [-0.3, -0.25) is 19.3 Å². The predicted molar refractivity (Wildman–Crippen MR) is 127 cm³/mol. The van der Waals surface area contributed by atoms with Crippen molar-refractivity contribution < 1.29 is 14.4 Å². The van der Waals surface area contributed by atoms with Crippen molar-refractivity contribution in [2.75, 3.05) is 4.90 Å². The molecule has 5 atom stereocenters. The van der Waals surface area contributed by atoms with Gasteiger partial charge in [-0.2, -0.15) is 5.10 Å². The smallest absolute Gasteiger partial charge is 0.240 e. The first kappa shape index (κ1) is 20.5. The number of rotatable bonds is 3. The average Bonchev–Trinajstić information content (AvgIpc) is 3.57. The fraction of sp³-hybridized carbons (Fsp3) is 0.308. The van der Waals surface area contributed by atoms with E-state index in [2.05, 4.69) is 33.2 Å². The predicted octanol–water partition coefficient (Wildman–Crippen LogP) is 4.46. The molecule has 2 aromatic rings. The lowest BCUT2D eigenvalue weighted by atomic mass is 9.85. The average molecular weight is 504 g/mol. The number of benzene rings is 2. The van der Waals surface area contributed by atoms with Gasteiger partial charge in [0.05, 0.1) is 29.3 Å². The molecule has 7 heteroatoms. The van der Waals surface area contributed by atoms with E-state index in [-0.39, 0.29) is 47.4 Å². The Morgan fingerprint density at radius 3 is 2.27 bits per heavy atom. The third-order valence-electron chi connectivity index (χ3n) is 7.40. The summed E-state index contributed by atoms with van der Waals surface area (Å²) in [6.45, 7) is 1.52. The summed E-state index contributed by atoms with van der Waals surface area (Å²) in [5.74, 6) is -0.296. The van der Waals surface area contributed by atoms with E-state index < -0.39 is 0 Å². The fourth-order valence-corrected chi connectivity index (χ4v) is 6.33. The zero-order valence-corrected chi connectivity index (χ0v) is 19.6. The summed E-state index contributed by atoms with van der Waals surface area (Å²) in [6, 6.07) is 15.1. The van der Waals surface area contributed by atoms with Crippen LogP contribution in [0.1, 0.15) is 36.9 Å². The van der Waals surface area contributed by atoms with Crippen LogP contribution in [0.2, 0.25) is 0 Å². The summed E-state index contributed by atoms with van der Waals surface area (Å²) in [4.78, 5) is 39.8. The number of amides is 3. The molecule has 2 aliphatic carbocycles. The second-order valence-corrected chi connectivity index (χ2v) is 10.2. The van der Waals surface area contributed by atoms with Crippen LogP contribution in [0.5, 0.6) is 0 Å². The number of allylic oxidation sites excluding steroid dienone is 2. The van der Waals surface area contributed by atoms with Gasteiger partial charge in [-0.05, 0) is 53.6 Å². The first-order chi connectivity index (χ1) is 15.9. The van der Waals surface area contributed by atoms with E-state index in [1.165, 1.54) is 16.8 Å². The maximum atomic E-state index is 13.1. The van der Waals surface area contributed by atoms with Crippen LogP contribution in [0.4, 0.5) is 5.69 Å². The summed E-state index contributed by atoms with van der Waals surface area (Å²) < 4.78 is 0.953. The van der Waals surface area contributed by atoms with Crippen molar-refractivity contribution in [3.05, 3.63) is 76.3 Å². The summed E-state index contributed by atoms with van der Waals surface area (Å²) in [5.41, 5.74) is 3.30. The Morgan fingerprint density at radius 2 is 1.67 bits per heavy atom. The highest BCUT2D eigenvalue weighted by molar-refractivity contribution is 9.10. The lowest BCUT2D eigenvalue weighted by molar-refractivity contribution is -0.130. The van der Waals surface area contributed by atoms with Crippen molar-refractivity contribution in [1.29, 1.82) is 0 Å². The van der Waals surface area contributed by atoms with Crippen LogP contribution in [0, 0.1) is 23.7 Å². The third-order valence-corrected chi connectivity index (χ3v) is 7.89. The van der Waals surface area contributed by atoms with Gasteiger partial charge in [0.15, 0.2) is 0 Å². The maximum absolute atomic E-state index is 13.1. The first-order valence-electron chi connectivity index (χ1n) is 11.2. The van der Waals surface area contributed by atoms with Gasteiger partial charge in [-0.15, -0.1) is 0 Å². The van der Waals surface area contributed by atoms with Crippen molar-refractivity contribution in [1.82, 2.24) is 5.01 Å². The lowest BCUT2D eigenvalue weighted by Gasteiger charge is -2.20. The molecular formula is C26H22BrN3O3. The van der Waals surface area contributed by atoms with Crippen molar-refractivity contribution >= 4 is 45.1 Å². The van der Waals surface area contributed by atoms with Crippen LogP contribution in [-0.4, -0.2) is 28.4 Å². The zero-order valence-electron chi connectivity index (χ0n) is 18.0. The van der Waals surface area contributed by atoms with Crippen molar-refractivity contribution in [2.24, 2.45) is 28.8 Å². The van der Waals surface area contributed by atoms with Crippen LogP contribution >= 0.6 is 15.9 Å². The Labute approximate surface area is 200 Å². The van der Waals surface area contributed by atoms with E-state index in [4.69, 9.17) is 0 Å². The monoisotopic (exact) mass is 503 g/mol. The third kappa shape index (κ3) is 3.13. The molecule has 6 nitrogen and oxygen atoms in total. The number of hydrazone groups is 1. The molecule has 2 bridgehead atoms. The Kier molecular flexibility index (Phi) is 4.66. The minimum atomic E-state index is -0.207. The van der Waals surface area contributed by atoms with Gasteiger partial charge in [-0.1, -0.05) is 52.3 Å². The second-order valence-electron chi connectivity index (χ2n) is 9.24. The summed E-state index contributed by atoms with van der Waals surface area (Å²) in [6.07, 6.45) is 5.72. The number of hydrogen-bond acceptors (Lipinski definition) is 4. The van der Waals surface area contributed by atoms with Crippen LogP contribution in [0.25, 0.3) is 0 Å². The minimum Gasteiger partial charge on any atom is -0.274 e. The van der Waals surface area contributed by atoms with Crippen LogP contribution in [-0.2, 0) is 14.4 Å². The number of carbonyl (C=O) groups is 3. The highest BCUT2D eigenvalue weighted by Crippen LogP contribution is 2.53. The Balaban J connectivity index is 1.26. The maximum Gasteiger partial charge on any atom is 0.240 e. The van der Waals surface area contributed by atoms with Gasteiger partial charge in [0, 0.05) is 17.8 Å². The summed E-state index contributed by atoms with van der Waals surface area (Å²) in [7, 11) is 0. The quantitative estimate of drug-likeness (QED) is 0.458. The number of fused-ring (bicyclic) bond motifs is 5. The Bertz CT molecular complexity index is 1220. The fourth-order valence-electron chi connectivity index (χ4n) is 5.91. The van der Waals surface area contributed by atoms with Crippen LogP contribution < -0.4 is 4.90 Å². The van der Waals surface area contributed by atoms with E-state index >= 15 is 0 Å². The molecule has 0 spiro atoms. The minimum absolute atomic E-state index is 0.0784. The van der Waals surface area contributed by atoms with E-state index in [0.717, 1.165) is 27.7 Å². The van der Waals surface area contributed by atoms with Gasteiger partial charge < -0.3 is 0 Å². The summed E-state index contributed by atoms with van der Waals surface area (Å²) in [5, 5.41) is 6.14. The first-order valence-corrected chi connectivity index (χ1v) is 12.0. The number of carbonyl (C=O) groups excluding carboxylic acids is 3. The molecule has 3 amide bonds. The molecule has 2 aromatic carbocycles. The molecule has 1 unspecified atom stereocenters. The van der Waals surface area contributed by atoms with E-state index in [0.29, 0.717) is 12.1 Å². The summed E-state index contributed by atoms with van der Waals surface area (Å²) >= 11 is 3.50. The molecular weight excluding hydrogens is 482 g/mol. The number of imide groups is 1. The molecule has 6 rings (SSSR count). The number of hydrogen-bond donors (Lipinski definition) is 0. The number of halogens is 1. The molecule has 4 aliphatic rings. The molecule has 0 N–H and O–H groups in total. The molecule has 2 aliphatic heterocycles. The van der Waals surface area contributed by atoms with E-state index in [1.807, 2.05) is 48.5 Å². The lowest BCUT2D eigenvalue weighted by Crippen LogP contribution is -2.32. The van der Waals surface area contributed by atoms with Gasteiger partial charge in [0.25, 0.3) is 0 Å². The molecule has 0 aromatic heterocycles. The van der Waals surface area contributed by atoms with Crippen molar-refractivity contribution in [3.63, 3.8) is 0 Å². The van der Waals surface area contributed by atoms with Gasteiger partial charge in [0.2, 0.25) is 17.7 Å². The second kappa shape index (κ2) is 7.48. The van der Waals surface area contributed by atoms with Gasteiger partial charge in [0.1, 0.15) is 0 Å². The molecule has 166 valence electrons. The largest absolute Gasteiger partial charge is 0.274 e. The topological polar surface area (TPSA) is 70.1 Å². The molecule has 1 saturated heterocycles. The van der Waals surface area contributed by atoms with Crippen LogP contribution in [0.15, 0.2) is 70.3 Å². The number of nitrogens with zero attached hydrogens (tertiary/aromatic N) is 3. The SMILES string of the molecule is CC(=O)N1N=C(c2ccc(N3C(=O)[C@@H]4[C@H](C3=O)[C@@H]3C=C[C@H]4C3)cc2)CC1c1cccc(Br)c1. The van der Waals surface area contributed by atoms with Crippen molar-refractivity contribution in [3.8, 4) is 0 Å². The number of anilines is 1. The van der Waals surface area contributed by atoms with Gasteiger partial charge >= 0.3 is 0 Å². The Morgan fingerprint density at radius 1 is 1.00 bits per heavy atom. The molecule has 2 heterocycles. The van der Waals surface area contributed by atoms with E-state index in [9.17, 15) is 14.4 Å². The Hall–Kier alpha value is -3.06. The molecule has 33 heavy (non-hydrogen) atoms. The standard InChI is InChI=1S/C26H22BrN3O3/c1-14(31)30-22(16-3-2-4-19(27)12-16)13-21(28-30)15-7-9-20(10-8-15)29-25(32)23-17-5-6-18(11-17)24(23)26(29)33/h2-10,12,17-18,22-24H,11,13H2,1H3/t17-,18+,22?,23-,24+. The van der Waals surface area contributed by atoms with E-state index in [1.54, 1.807) is 0 Å².